The van der Waals surface area contributed by atoms with Crippen LogP contribution in [0.4, 0.5) is 11.4 Å². The lowest BCUT2D eigenvalue weighted by molar-refractivity contribution is -0.110. The zero-order chi connectivity index (χ0) is 25.1. The molecule has 2 N–H and O–H groups in total. The van der Waals surface area contributed by atoms with E-state index in [0.29, 0.717) is 22.5 Å². The maximum Gasteiger partial charge on any atom is 0.257 e. The van der Waals surface area contributed by atoms with Crippen LogP contribution in [0.1, 0.15) is 29.2 Å². The monoisotopic (exact) mass is 503 g/mol. The number of carbonyl (C=O) groups is 1. The number of amides is 1. The first-order chi connectivity index (χ1) is 17.4. The molecule has 0 aliphatic carbocycles. The van der Waals surface area contributed by atoms with E-state index in [0.717, 1.165) is 49.5 Å². The Hall–Kier alpha value is -3.46. The molecule has 1 amide bonds. The van der Waals surface area contributed by atoms with Gasteiger partial charge in [-0.3, -0.25) is 14.4 Å². The van der Waals surface area contributed by atoms with E-state index in [1.165, 1.54) is 5.56 Å². The molecular weight excluding hydrogens is 474 g/mol. The molecule has 0 aromatic heterocycles. The molecule has 8 heteroatoms. The third-order valence-corrected chi connectivity index (χ3v) is 7.79. The number of anilines is 2. The second-order valence-electron chi connectivity index (χ2n) is 8.92. The molecule has 3 aromatic rings. The average Bonchev–Trinajstić information content (AvgIpc) is 3.21. The van der Waals surface area contributed by atoms with E-state index < -0.39 is 10.0 Å². The Morgan fingerprint density at radius 2 is 1.67 bits per heavy atom. The Morgan fingerprint density at radius 3 is 2.36 bits per heavy atom. The van der Waals surface area contributed by atoms with E-state index >= 15 is 0 Å². The molecule has 186 valence electrons. The number of ether oxygens (including phenoxy) is 1. The van der Waals surface area contributed by atoms with Crippen molar-refractivity contribution < 1.29 is 17.9 Å². The first-order valence-corrected chi connectivity index (χ1v) is 13.7. The van der Waals surface area contributed by atoms with Gasteiger partial charge < -0.3 is 10.1 Å². The summed E-state index contributed by atoms with van der Waals surface area (Å²) >= 11 is 0. The van der Waals surface area contributed by atoms with Crippen LogP contribution in [0.3, 0.4) is 0 Å². The molecule has 36 heavy (non-hydrogen) atoms. The lowest BCUT2D eigenvalue weighted by Gasteiger charge is -2.26. The van der Waals surface area contributed by atoms with Crippen molar-refractivity contribution >= 4 is 38.5 Å². The van der Waals surface area contributed by atoms with Crippen LogP contribution in [0, 0.1) is 0 Å². The number of sulfonamides is 1. The molecule has 3 aromatic carbocycles. The fourth-order valence-electron chi connectivity index (χ4n) is 4.59. The molecule has 1 fully saturated rings. The van der Waals surface area contributed by atoms with Gasteiger partial charge in [0.2, 0.25) is 10.0 Å². The smallest absolute Gasteiger partial charge is 0.257 e. The SMILES string of the molecule is CCS(=O)(=O)Nc1ccc2c(c1)C(=C(c1ccccc1)c1ccc(CN3CCOCC3)cc1)C(=O)N2. The number of hydrogen-bond acceptors (Lipinski definition) is 5. The molecule has 0 unspecified atom stereocenters. The van der Waals surface area contributed by atoms with Crippen molar-refractivity contribution in [3.05, 3.63) is 95.1 Å². The van der Waals surface area contributed by atoms with Gasteiger partial charge in [-0.25, -0.2) is 8.42 Å². The molecular formula is C28H29N3O4S. The number of nitrogens with zero attached hydrogens (tertiary/aromatic N) is 1. The fourth-order valence-corrected chi connectivity index (χ4v) is 5.22. The maximum atomic E-state index is 13.3. The van der Waals surface area contributed by atoms with E-state index in [4.69, 9.17) is 4.74 Å². The Kier molecular flexibility index (Phi) is 6.91. The lowest BCUT2D eigenvalue weighted by Crippen LogP contribution is -2.35. The highest BCUT2D eigenvalue weighted by atomic mass is 32.2. The van der Waals surface area contributed by atoms with Crippen molar-refractivity contribution in [3.63, 3.8) is 0 Å². The largest absolute Gasteiger partial charge is 0.379 e. The summed E-state index contributed by atoms with van der Waals surface area (Å²) in [7, 11) is -3.45. The Bertz CT molecular complexity index is 1390. The first kappa shape index (κ1) is 24.2. The van der Waals surface area contributed by atoms with Gasteiger partial charge in [0.1, 0.15) is 0 Å². The molecule has 0 atom stereocenters. The molecule has 7 nitrogen and oxygen atoms in total. The maximum absolute atomic E-state index is 13.3. The van der Waals surface area contributed by atoms with Crippen molar-refractivity contribution in [2.45, 2.75) is 13.5 Å². The summed E-state index contributed by atoms with van der Waals surface area (Å²) in [6.45, 7) is 5.79. The third kappa shape index (κ3) is 5.21. The molecule has 0 bridgehead atoms. The molecule has 2 aliphatic rings. The van der Waals surface area contributed by atoms with Crippen molar-refractivity contribution in [2.75, 3.05) is 42.1 Å². The summed E-state index contributed by atoms with van der Waals surface area (Å²) in [5.74, 6) is -0.243. The van der Waals surface area contributed by atoms with Gasteiger partial charge >= 0.3 is 0 Å². The molecule has 1 saturated heterocycles. The quantitative estimate of drug-likeness (QED) is 0.472. The predicted octanol–water partition coefficient (Wildman–Crippen LogP) is 4.19. The number of hydrogen-bond donors (Lipinski definition) is 2. The van der Waals surface area contributed by atoms with E-state index in [2.05, 4.69) is 39.2 Å². The summed E-state index contributed by atoms with van der Waals surface area (Å²) in [5.41, 5.74) is 6.12. The molecule has 0 radical (unpaired) electrons. The predicted molar refractivity (Wildman–Crippen MR) is 143 cm³/mol. The van der Waals surface area contributed by atoms with Crippen molar-refractivity contribution in [2.24, 2.45) is 0 Å². The number of morpholine rings is 1. The zero-order valence-corrected chi connectivity index (χ0v) is 21.0. The standard InChI is InChI=1S/C28H29N3O4S/c1-2-36(33,34)30-23-12-13-25-24(18-23)27(28(32)29-25)26(21-6-4-3-5-7-21)22-10-8-20(9-11-22)19-31-14-16-35-17-15-31/h3-13,18,30H,2,14-17,19H2,1H3,(H,29,32). The van der Waals surface area contributed by atoms with E-state index in [9.17, 15) is 13.2 Å². The minimum atomic E-state index is -3.45. The number of carbonyl (C=O) groups excluding carboxylic acids is 1. The van der Waals surface area contributed by atoms with Crippen LogP contribution in [0.5, 0.6) is 0 Å². The molecule has 0 spiro atoms. The number of fused-ring (bicyclic) bond motifs is 1. The van der Waals surface area contributed by atoms with Crippen LogP contribution in [0.2, 0.25) is 0 Å². The van der Waals surface area contributed by atoms with Crippen LogP contribution < -0.4 is 10.0 Å². The topological polar surface area (TPSA) is 87.7 Å². The Balaban J connectivity index is 1.58. The van der Waals surface area contributed by atoms with E-state index in [-0.39, 0.29) is 11.7 Å². The fraction of sp³-hybridized carbons (Fsp3) is 0.250. The minimum Gasteiger partial charge on any atom is -0.379 e. The van der Waals surface area contributed by atoms with Gasteiger partial charge in [-0.1, -0.05) is 54.6 Å². The van der Waals surface area contributed by atoms with Gasteiger partial charge in [0, 0.05) is 42.1 Å². The second-order valence-corrected chi connectivity index (χ2v) is 10.9. The summed E-state index contributed by atoms with van der Waals surface area (Å²) in [4.78, 5) is 15.6. The third-order valence-electron chi connectivity index (χ3n) is 6.48. The van der Waals surface area contributed by atoms with Gasteiger partial charge in [-0.05, 0) is 41.8 Å². The summed E-state index contributed by atoms with van der Waals surface area (Å²) in [5, 5.41) is 2.94. The van der Waals surface area contributed by atoms with Gasteiger partial charge in [-0.15, -0.1) is 0 Å². The lowest BCUT2D eigenvalue weighted by atomic mass is 9.89. The average molecular weight is 504 g/mol. The highest BCUT2D eigenvalue weighted by molar-refractivity contribution is 7.92. The van der Waals surface area contributed by atoms with Crippen molar-refractivity contribution in [1.82, 2.24) is 4.90 Å². The van der Waals surface area contributed by atoms with Gasteiger partial charge in [0.25, 0.3) is 5.91 Å². The summed E-state index contributed by atoms with van der Waals surface area (Å²) in [6, 6.07) is 23.3. The first-order valence-electron chi connectivity index (χ1n) is 12.1. The molecule has 5 rings (SSSR count). The van der Waals surface area contributed by atoms with Crippen LogP contribution >= 0.6 is 0 Å². The Labute approximate surface area is 211 Å². The highest BCUT2D eigenvalue weighted by Gasteiger charge is 2.29. The minimum absolute atomic E-state index is 0.0317. The number of rotatable bonds is 7. The van der Waals surface area contributed by atoms with Gasteiger partial charge in [0.15, 0.2) is 0 Å². The Morgan fingerprint density at radius 1 is 0.972 bits per heavy atom. The van der Waals surface area contributed by atoms with Gasteiger partial charge in [0.05, 0.1) is 24.5 Å². The van der Waals surface area contributed by atoms with Crippen LogP contribution in [0.15, 0.2) is 72.8 Å². The summed E-state index contributed by atoms with van der Waals surface area (Å²) < 4.78 is 32.3. The normalized spacial score (nSPS) is 17.4. The van der Waals surface area contributed by atoms with Crippen LogP contribution in [-0.4, -0.2) is 51.3 Å². The van der Waals surface area contributed by atoms with E-state index in [1.54, 1.807) is 25.1 Å². The van der Waals surface area contributed by atoms with Crippen LogP contribution in [-0.2, 0) is 26.1 Å². The molecule has 2 heterocycles. The number of nitrogens with one attached hydrogen (secondary N) is 2. The van der Waals surface area contributed by atoms with E-state index in [1.807, 2.05) is 30.3 Å². The number of benzene rings is 3. The second kappa shape index (κ2) is 10.3. The molecule has 2 aliphatic heterocycles. The van der Waals surface area contributed by atoms with Crippen LogP contribution in [0.25, 0.3) is 11.1 Å². The van der Waals surface area contributed by atoms with Crippen molar-refractivity contribution in [1.29, 1.82) is 0 Å². The zero-order valence-electron chi connectivity index (χ0n) is 20.2. The summed E-state index contributed by atoms with van der Waals surface area (Å²) in [6.07, 6.45) is 0. The molecule has 0 saturated carbocycles. The highest BCUT2D eigenvalue weighted by Crippen LogP contribution is 2.41. The van der Waals surface area contributed by atoms with Gasteiger partial charge in [-0.2, -0.15) is 0 Å². The van der Waals surface area contributed by atoms with Crippen molar-refractivity contribution in [3.8, 4) is 0 Å².